The summed E-state index contributed by atoms with van der Waals surface area (Å²) in [4.78, 5) is 15.1. The van der Waals surface area contributed by atoms with Gasteiger partial charge in [0.1, 0.15) is 5.82 Å². The second kappa shape index (κ2) is 10.6. The zero-order valence-corrected chi connectivity index (χ0v) is 19.9. The van der Waals surface area contributed by atoms with Gasteiger partial charge in [0.15, 0.2) is 0 Å². The third-order valence-corrected chi connectivity index (χ3v) is 6.50. The molecular weight excluding hydrogens is 467 g/mol. The van der Waals surface area contributed by atoms with Crippen molar-refractivity contribution in [1.82, 2.24) is 20.0 Å². The lowest BCUT2D eigenvalue weighted by Crippen LogP contribution is -2.40. The molecule has 1 atom stereocenters. The largest absolute Gasteiger partial charge is 0.379 e. The molecule has 1 aliphatic rings. The number of aromatic nitrogens is 2. The molecule has 35 heavy (non-hydrogen) atoms. The van der Waals surface area contributed by atoms with Crippen molar-refractivity contribution in [3.05, 3.63) is 100 Å². The van der Waals surface area contributed by atoms with Crippen molar-refractivity contribution >= 4 is 28.4 Å². The van der Waals surface area contributed by atoms with Crippen molar-refractivity contribution in [2.75, 3.05) is 26.3 Å². The van der Waals surface area contributed by atoms with Crippen LogP contribution in [0.3, 0.4) is 0 Å². The van der Waals surface area contributed by atoms with Gasteiger partial charge in [-0.15, -0.1) is 0 Å². The second-order valence-electron chi connectivity index (χ2n) is 8.65. The molecule has 0 bridgehead atoms. The number of hydrogen-bond acceptors (Lipinski definition) is 4. The molecule has 1 unspecified atom stereocenters. The van der Waals surface area contributed by atoms with Crippen LogP contribution < -0.4 is 5.32 Å². The van der Waals surface area contributed by atoms with Gasteiger partial charge in [-0.25, -0.2) is 4.39 Å². The Morgan fingerprint density at radius 3 is 2.66 bits per heavy atom. The Kier molecular flexibility index (Phi) is 7.08. The quantitative estimate of drug-likeness (QED) is 0.401. The molecule has 0 aliphatic carbocycles. The van der Waals surface area contributed by atoms with Gasteiger partial charge in [-0.05, 0) is 47.5 Å². The summed E-state index contributed by atoms with van der Waals surface area (Å²) in [5, 5.41) is 9.28. The normalized spacial score (nSPS) is 15.3. The molecule has 8 heteroatoms. The van der Waals surface area contributed by atoms with Gasteiger partial charge >= 0.3 is 0 Å². The number of benzene rings is 3. The van der Waals surface area contributed by atoms with E-state index in [9.17, 15) is 9.18 Å². The van der Waals surface area contributed by atoms with Crippen LogP contribution in [0.2, 0.25) is 5.02 Å². The Hall–Kier alpha value is -3.26. The first-order chi connectivity index (χ1) is 17.0. The Bertz CT molecular complexity index is 1320. The zero-order valence-electron chi connectivity index (χ0n) is 19.2. The number of rotatable bonds is 7. The number of carbonyl (C=O) groups is 1. The first kappa shape index (κ1) is 23.5. The molecule has 0 saturated carbocycles. The van der Waals surface area contributed by atoms with E-state index < -0.39 is 0 Å². The van der Waals surface area contributed by atoms with Crippen LogP contribution in [0.25, 0.3) is 10.9 Å². The van der Waals surface area contributed by atoms with Crippen LogP contribution in [0.5, 0.6) is 0 Å². The highest BCUT2D eigenvalue weighted by molar-refractivity contribution is 6.30. The maximum absolute atomic E-state index is 13.5. The third kappa shape index (κ3) is 5.70. The van der Waals surface area contributed by atoms with E-state index in [1.807, 2.05) is 47.3 Å². The molecule has 1 amide bonds. The SMILES string of the molecule is O=C(NCc1cccc(Cl)c1)c1ccc2cn(CC(c3ccc(F)cc3)N3CCOCC3)nc2c1. The van der Waals surface area contributed by atoms with Crippen molar-refractivity contribution in [2.45, 2.75) is 19.1 Å². The Balaban J connectivity index is 1.33. The molecule has 4 aromatic rings. The molecule has 180 valence electrons. The summed E-state index contributed by atoms with van der Waals surface area (Å²) in [6.07, 6.45) is 1.99. The number of nitrogens with one attached hydrogen (secondary N) is 1. The lowest BCUT2D eigenvalue weighted by Gasteiger charge is -2.34. The summed E-state index contributed by atoms with van der Waals surface area (Å²) in [6, 6.07) is 19.6. The van der Waals surface area contributed by atoms with Crippen molar-refractivity contribution in [3.8, 4) is 0 Å². The predicted octanol–water partition coefficient (Wildman–Crippen LogP) is 4.83. The van der Waals surface area contributed by atoms with Gasteiger partial charge in [-0.1, -0.05) is 41.9 Å². The van der Waals surface area contributed by atoms with E-state index in [2.05, 4.69) is 10.2 Å². The highest BCUT2D eigenvalue weighted by Gasteiger charge is 2.24. The molecule has 1 aliphatic heterocycles. The number of nitrogens with zero attached hydrogens (tertiary/aromatic N) is 3. The fraction of sp³-hybridized carbons (Fsp3) is 0.259. The van der Waals surface area contributed by atoms with Crippen LogP contribution in [0.4, 0.5) is 4.39 Å². The van der Waals surface area contributed by atoms with Gasteiger partial charge in [-0.2, -0.15) is 5.10 Å². The zero-order chi connectivity index (χ0) is 24.2. The van der Waals surface area contributed by atoms with Gasteiger partial charge in [0.2, 0.25) is 0 Å². The maximum Gasteiger partial charge on any atom is 0.251 e. The minimum absolute atomic E-state index is 0.0364. The molecule has 1 aromatic heterocycles. The molecule has 1 saturated heterocycles. The summed E-state index contributed by atoms with van der Waals surface area (Å²) >= 11 is 6.03. The highest BCUT2D eigenvalue weighted by Crippen LogP contribution is 2.25. The van der Waals surface area contributed by atoms with Crippen LogP contribution in [-0.2, 0) is 17.8 Å². The Morgan fingerprint density at radius 2 is 1.89 bits per heavy atom. The minimum Gasteiger partial charge on any atom is -0.379 e. The van der Waals surface area contributed by atoms with Crippen LogP contribution in [0.1, 0.15) is 27.5 Å². The first-order valence-electron chi connectivity index (χ1n) is 11.6. The van der Waals surface area contributed by atoms with E-state index in [4.69, 9.17) is 21.4 Å². The second-order valence-corrected chi connectivity index (χ2v) is 9.09. The van der Waals surface area contributed by atoms with E-state index in [1.165, 1.54) is 12.1 Å². The topological polar surface area (TPSA) is 59.4 Å². The fourth-order valence-electron chi connectivity index (χ4n) is 4.42. The van der Waals surface area contributed by atoms with Crippen LogP contribution in [0.15, 0.2) is 72.9 Å². The Labute approximate surface area is 208 Å². The lowest BCUT2D eigenvalue weighted by molar-refractivity contribution is 0.0116. The van der Waals surface area contributed by atoms with Crippen molar-refractivity contribution < 1.29 is 13.9 Å². The van der Waals surface area contributed by atoms with E-state index in [1.54, 1.807) is 18.2 Å². The standard InChI is InChI=1S/C27H26ClFN4O2/c28-23-3-1-2-19(14-23)16-30-27(34)21-4-5-22-17-33(31-25(22)15-21)18-26(32-10-12-35-13-11-32)20-6-8-24(29)9-7-20/h1-9,14-15,17,26H,10-13,16,18H2,(H,30,34). The third-order valence-electron chi connectivity index (χ3n) is 6.26. The summed E-state index contributed by atoms with van der Waals surface area (Å²) in [5.41, 5.74) is 3.27. The molecule has 0 radical (unpaired) electrons. The van der Waals surface area contributed by atoms with Gasteiger partial charge in [0.05, 0.1) is 31.3 Å². The molecule has 1 N–H and O–H groups in total. The predicted molar refractivity (Wildman–Crippen MR) is 134 cm³/mol. The fourth-order valence-corrected chi connectivity index (χ4v) is 4.63. The van der Waals surface area contributed by atoms with Crippen LogP contribution in [-0.4, -0.2) is 46.9 Å². The van der Waals surface area contributed by atoms with Gasteiger partial charge in [0, 0.05) is 41.8 Å². The van der Waals surface area contributed by atoms with E-state index in [0.29, 0.717) is 36.9 Å². The van der Waals surface area contributed by atoms with E-state index in [0.717, 1.165) is 35.1 Å². The van der Waals surface area contributed by atoms with E-state index in [-0.39, 0.29) is 17.8 Å². The van der Waals surface area contributed by atoms with Crippen molar-refractivity contribution in [2.24, 2.45) is 0 Å². The van der Waals surface area contributed by atoms with Crippen molar-refractivity contribution in [1.29, 1.82) is 0 Å². The highest BCUT2D eigenvalue weighted by atomic mass is 35.5. The maximum atomic E-state index is 13.5. The molecule has 2 heterocycles. The molecule has 0 spiro atoms. The number of amides is 1. The monoisotopic (exact) mass is 492 g/mol. The van der Waals surface area contributed by atoms with Gasteiger partial charge < -0.3 is 10.1 Å². The van der Waals surface area contributed by atoms with E-state index >= 15 is 0 Å². The average molecular weight is 493 g/mol. The first-order valence-corrected chi connectivity index (χ1v) is 12.0. The minimum atomic E-state index is -0.250. The summed E-state index contributed by atoms with van der Waals surface area (Å²) in [5.74, 6) is -0.417. The number of morpholine rings is 1. The Morgan fingerprint density at radius 1 is 1.09 bits per heavy atom. The molecule has 5 rings (SSSR count). The van der Waals surface area contributed by atoms with Gasteiger partial charge in [0.25, 0.3) is 5.91 Å². The molecular formula is C27H26ClFN4O2. The van der Waals surface area contributed by atoms with Crippen molar-refractivity contribution in [3.63, 3.8) is 0 Å². The smallest absolute Gasteiger partial charge is 0.251 e. The number of fused-ring (bicyclic) bond motifs is 1. The number of halogens is 2. The summed E-state index contributed by atoms with van der Waals surface area (Å²) in [6.45, 7) is 3.96. The lowest BCUT2D eigenvalue weighted by atomic mass is 10.0. The summed E-state index contributed by atoms with van der Waals surface area (Å²) < 4.78 is 21.0. The summed E-state index contributed by atoms with van der Waals surface area (Å²) in [7, 11) is 0. The van der Waals surface area contributed by atoms with Crippen LogP contribution in [0, 0.1) is 5.82 Å². The van der Waals surface area contributed by atoms with Gasteiger partial charge in [-0.3, -0.25) is 14.4 Å². The molecule has 6 nitrogen and oxygen atoms in total. The average Bonchev–Trinajstić information content (AvgIpc) is 3.29. The molecule has 3 aromatic carbocycles. The molecule has 1 fully saturated rings. The number of ether oxygens (including phenoxy) is 1. The number of carbonyl (C=O) groups excluding carboxylic acids is 1. The number of hydrogen-bond donors (Lipinski definition) is 1. The van der Waals surface area contributed by atoms with Crippen LogP contribution >= 0.6 is 11.6 Å².